The molecule has 1 aromatic heterocycles. The van der Waals surface area contributed by atoms with Crippen molar-refractivity contribution in [3.63, 3.8) is 0 Å². The molecule has 3 rings (SSSR count). The van der Waals surface area contributed by atoms with Gasteiger partial charge in [-0.2, -0.15) is 0 Å². The summed E-state index contributed by atoms with van der Waals surface area (Å²) in [6.07, 6.45) is 10.7. The van der Waals surface area contributed by atoms with Gasteiger partial charge < -0.3 is 0 Å². The number of allylic oxidation sites excluding steroid dienone is 2. The van der Waals surface area contributed by atoms with Gasteiger partial charge in [-0.25, -0.2) is 0 Å². The maximum Gasteiger partial charge on any atom is 0.0780 e. The lowest BCUT2D eigenvalue weighted by atomic mass is 10.0. The Balaban J connectivity index is 2.35. The van der Waals surface area contributed by atoms with Crippen molar-refractivity contribution in [3.8, 4) is 0 Å². The topological polar surface area (TPSA) is 12.9 Å². The quantitative estimate of drug-likeness (QED) is 0.638. The molecule has 1 heteroatoms. The summed E-state index contributed by atoms with van der Waals surface area (Å²) in [6.45, 7) is 2.19. The van der Waals surface area contributed by atoms with Gasteiger partial charge in [-0.05, 0) is 17.5 Å². The summed E-state index contributed by atoms with van der Waals surface area (Å²) >= 11 is 0. The standard InChI is InChI=1S/C15H13N/c1-11-4-6-12-7-8-13-3-2-10-16-15(13)14(12)9-5-11/h2-11H,1H3. The van der Waals surface area contributed by atoms with Crippen LogP contribution < -0.4 is 0 Å². The third kappa shape index (κ3) is 1.45. The van der Waals surface area contributed by atoms with Gasteiger partial charge in [-0.1, -0.05) is 49.4 Å². The Labute approximate surface area is 95.1 Å². The van der Waals surface area contributed by atoms with E-state index in [1.807, 2.05) is 12.3 Å². The fraction of sp³-hybridized carbons (Fsp3) is 0.133. The van der Waals surface area contributed by atoms with Crippen LogP contribution in [0.5, 0.6) is 0 Å². The molecule has 0 bridgehead atoms. The first-order valence-corrected chi connectivity index (χ1v) is 5.59. The molecule has 0 aliphatic heterocycles. The minimum Gasteiger partial charge on any atom is -0.256 e. The van der Waals surface area contributed by atoms with Gasteiger partial charge in [0.25, 0.3) is 0 Å². The summed E-state index contributed by atoms with van der Waals surface area (Å²) in [5.74, 6) is 0.492. The minimum atomic E-state index is 0.492. The van der Waals surface area contributed by atoms with Crippen LogP contribution in [0.2, 0.25) is 0 Å². The highest BCUT2D eigenvalue weighted by Gasteiger charge is 2.06. The smallest absolute Gasteiger partial charge is 0.0780 e. The molecule has 1 unspecified atom stereocenters. The third-order valence-electron chi connectivity index (χ3n) is 2.99. The molecule has 0 amide bonds. The highest BCUT2D eigenvalue weighted by Crippen LogP contribution is 2.26. The zero-order chi connectivity index (χ0) is 11.0. The molecule has 1 aliphatic carbocycles. The molecule has 1 aliphatic rings. The largest absolute Gasteiger partial charge is 0.256 e. The average Bonchev–Trinajstić information content (AvgIpc) is 2.52. The van der Waals surface area contributed by atoms with Gasteiger partial charge in [0.1, 0.15) is 0 Å². The number of hydrogen-bond donors (Lipinski definition) is 0. The molecule has 1 atom stereocenters. The van der Waals surface area contributed by atoms with Crippen molar-refractivity contribution in [2.24, 2.45) is 5.92 Å². The second kappa shape index (κ2) is 3.60. The third-order valence-corrected chi connectivity index (χ3v) is 2.99. The number of benzene rings is 1. The predicted octanol–water partition coefficient (Wildman–Crippen LogP) is 3.91. The Bertz CT molecular complexity index is 593. The molecule has 1 heterocycles. The lowest BCUT2D eigenvalue weighted by Crippen LogP contribution is -1.86. The van der Waals surface area contributed by atoms with Crippen LogP contribution in [0.3, 0.4) is 0 Å². The number of pyridine rings is 1. The molecule has 0 N–H and O–H groups in total. The Morgan fingerprint density at radius 2 is 1.94 bits per heavy atom. The predicted molar refractivity (Wildman–Crippen MR) is 69.0 cm³/mol. The van der Waals surface area contributed by atoms with Crippen LogP contribution in [-0.4, -0.2) is 4.98 Å². The summed E-state index contributed by atoms with van der Waals surface area (Å²) in [6, 6.07) is 8.38. The number of nitrogens with zero attached hydrogens (tertiary/aromatic N) is 1. The average molecular weight is 207 g/mol. The van der Waals surface area contributed by atoms with E-state index in [0.29, 0.717) is 5.92 Å². The van der Waals surface area contributed by atoms with Crippen LogP contribution in [0.4, 0.5) is 0 Å². The van der Waals surface area contributed by atoms with Gasteiger partial charge in [0.15, 0.2) is 0 Å². The van der Waals surface area contributed by atoms with Gasteiger partial charge in [0.05, 0.1) is 5.52 Å². The maximum atomic E-state index is 4.48. The summed E-state index contributed by atoms with van der Waals surface area (Å²) in [5, 5.41) is 1.20. The molecule has 78 valence electrons. The maximum absolute atomic E-state index is 4.48. The minimum absolute atomic E-state index is 0.492. The van der Waals surface area contributed by atoms with Crippen molar-refractivity contribution in [1.82, 2.24) is 4.98 Å². The second-order valence-electron chi connectivity index (χ2n) is 4.22. The van der Waals surface area contributed by atoms with Crippen LogP contribution in [0.25, 0.3) is 23.1 Å². The highest BCUT2D eigenvalue weighted by molar-refractivity contribution is 5.91. The number of aromatic nitrogens is 1. The van der Waals surface area contributed by atoms with Crippen molar-refractivity contribution in [2.45, 2.75) is 6.92 Å². The van der Waals surface area contributed by atoms with Crippen molar-refractivity contribution in [3.05, 3.63) is 53.7 Å². The van der Waals surface area contributed by atoms with Crippen LogP contribution in [0.15, 0.2) is 42.6 Å². The fourth-order valence-corrected chi connectivity index (χ4v) is 2.07. The molecule has 0 spiro atoms. The van der Waals surface area contributed by atoms with Gasteiger partial charge in [0.2, 0.25) is 0 Å². The van der Waals surface area contributed by atoms with E-state index < -0.39 is 0 Å². The number of rotatable bonds is 0. The van der Waals surface area contributed by atoms with E-state index in [9.17, 15) is 0 Å². The van der Waals surface area contributed by atoms with E-state index >= 15 is 0 Å². The zero-order valence-electron chi connectivity index (χ0n) is 9.22. The van der Waals surface area contributed by atoms with E-state index in [0.717, 1.165) is 5.52 Å². The monoisotopic (exact) mass is 207 g/mol. The Hall–Kier alpha value is -1.89. The molecule has 1 aromatic carbocycles. The van der Waals surface area contributed by atoms with Crippen LogP contribution in [-0.2, 0) is 0 Å². The number of fused-ring (bicyclic) bond motifs is 3. The SMILES string of the molecule is CC1C=Cc2ccc3cccnc3c2C=C1. The van der Waals surface area contributed by atoms with Crippen LogP contribution in [0, 0.1) is 5.92 Å². The van der Waals surface area contributed by atoms with Gasteiger partial charge >= 0.3 is 0 Å². The molecule has 0 fully saturated rings. The summed E-state index contributed by atoms with van der Waals surface area (Å²) in [5.41, 5.74) is 3.58. The lowest BCUT2D eigenvalue weighted by Gasteiger charge is -2.04. The van der Waals surface area contributed by atoms with E-state index in [-0.39, 0.29) is 0 Å². The Morgan fingerprint density at radius 1 is 1.06 bits per heavy atom. The van der Waals surface area contributed by atoms with Gasteiger partial charge in [-0.15, -0.1) is 0 Å². The molecular weight excluding hydrogens is 194 g/mol. The summed E-state index contributed by atoms with van der Waals surface area (Å²) < 4.78 is 0. The number of hydrogen-bond acceptors (Lipinski definition) is 1. The molecule has 16 heavy (non-hydrogen) atoms. The Morgan fingerprint density at radius 3 is 2.88 bits per heavy atom. The molecule has 1 nitrogen and oxygen atoms in total. The summed E-state index contributed by atoms with van der Waals surface area (Å²) in [4.78, 5) is 4.48. The van der Waals surface area contributed by atoms with Gasteiger partial charge in [0, 0.05) is 17.1 Å². The first-order chi connectivity index (χ1) is 7.84. The van der Waals surface area contributed by atoms with Crippen LogP contribution in [0.1, 0.15) is 18.1 Å². The van der Waals surface area contributed by atoms with E-state index in [1.54, 1.807) is 0 Å². The van der Waals surface area contributed by atoms with E-state index in [4.69, 9.17) is 0 Å². The van der Waals surface area contributed by atoms with Gasteiger partial charge in [-0.3, -0.25) is 4.98 Å². The van der Waals surface area contributed by atoms with Crippen LogP contribution >= 0.6 is 0 Å². The molecular formula is C15H13N. The molecule has 0 radical (unpaired) electrons. The van der Waals surface area contributed by atoms with Crippen molar-refractivity contribution in [1.29, 1.82) is 0 Å². The van der Waals surface area contributed by atoms with Crippen molar-refractivity contribution >= 4 is 23.1 Å². The first kappa shape index (κ1) is 9.34. The normalized spacial score (nSPS) is 18.4. The molecule has 0 saturated heterocycles. The summed E-state index contributed by atoms with van der Waals surface area (Å²) in [7, 11) is 0. The Kier molecular flexibility index (Phi) is 2.10. The highest BCUT2D eigenvalue weighted by atomic mass is 14.6. The fourth-order valence-electron chi connectivity index (χ4n) is 2.07. The van der Waals surface area contributed by atoms with E-state index in [2.05, 4.69) is 54.4 Å². The van der Waals surface area contributed by atoms with Crippen molar-refractivity contribution in [2.75, 3.05) is 0 Å². The first-order valence-electron chi connectivity index (χ1n) is 5.59. The molecule has 0 saturated carbocycles. The van der Waals surface area contributed by atoms with E-state index in [1.165, 1.54) is 16.5 Å². The lowest BCUT2D eigenvalue weighted by molar-refractivity contribution is 0.954. The molecule has 2 aromatic rings. The van der Waals surface area contributed by atoms with Crippen molar-refractivity contribution < 1.29 is 0 Å². The zero-order valence-corrected chi connectivity index (χ0v) is 9.22. The second-order valence-corrected chi connectivity index (χ2v) is 4.22.